The lowest BCUT2D eigenvalue weighted by Gasteiger charge is -2.16. The van der Waals surface area contributed by atoms with Crippen LogP contribution in [0.4, 0.5) is 18.9 Å². The lowest BCUT2D eigenvalue weighted by Crippen LogP contribution is -2.17. The molecular formula is C18H14F3NO3. The zero-order valence-electron chi connectivity index (χ0n) is 13.0. The van der Waals surface area contributed by atoms with E-state index < -0.39 is 12.3 Å². The predicted molar refractivity (Wildman–Crippen MR) is 86.5 cm³/mol. The minimum Gasteiger partial charge on any atom is -0.478 e. The molecule has 0 atom stereocenters. The molecule has 0 spiro atoms. The van der Waals surface area contributed by atoms with Crippen molar-refractivity contribution in [3.05, 3.63) is 65.9 Å². The van der Waals surface area contributed by atoms with Gasteiger partial charge in [0.2, 0.25) is 0 Å². The van der Waals surface area contributed by atoms with Gasteiger partial charge in [-0.15, -0.1) is 13.2 Å². The average molecular weight is 349 g/mol. The zero-order chi connectivity index (χ0) is 18.0. The van der Waals surface area contributed by atoms with Gasteiger partial charge in [0.1, 0.15) is 5.75 Å². The third kappa shape index (κ3) is 4.12. The van der Waals surface area contributed by atoms with Crippen LogP contribution in [-0.4, -0.2) is 24.0 Å². The molecule has 2 aromatic carbocycles. The molecule has 0 saturated heterocycles. The van der Waals surface area contributed by atoms with E-state index in [2.05, 4.69) is 4.74 Å². The number of ether oxygens (including phenoxy) is 1. The molecule has 1 aliphatic rings. The molecule has 25 heavy (non-hydrogen) atoms. The summed E-state index contributed by atoms with van der Waals surface area (Å²) >= 11 is 0. The topological polar surface area (TPSA) is 49.8 Å². The maximum atomic E-state index is 12.2. The van der Waals surface area contributed by atoms with Crippen molar-refractivity contribution < 1.29 is 27.8 Å². The second-order valence-corrected chi connectivity index (χ2v) is 5.52. The summed E-state index contributed by atoms with van der Waals surface area (Å²) in [6.07, 6.45) is -2.03. The number of carbonyl (C=O) groups is 1. The summed E-state index contributed by atoms with van der Waals surface area (Å²) in [5.41, 5.74) is 2.93. The highest BCUT2D eigenvalue weighted by atomic mass is 19.4. The van der Waals surface area contributed by atoms with E-state index in [1.807, 2.05) is 11.1 Å². The first-order valence-electron chi connectivity index (χ1n) is 7.49. The number of alkyl halides is 3. The minimum atomic E-state index is -4.70. The third-order valence-electron chi connectivity index (χ3n) is 3.84. The van der Waals surface area contributed by atoms with E-state index in [9.17, 15) is 18.0 Å². The Kier molecular flexibility index (Phi) is 4.39. The highest BCUT2D eigenvalue weighted by molar-refractivity contribution is 5.88. The normalized spacial score (nSPS) is 14.4. The van der Waals surface area contributed by atoms with Crippen molar-refractivity contribution >= 4 is 17.2 Å². The molecular weight excluding hydrogens is 335 g/mol. The number of rotatable bonds is 4. The SMILES string of the molecule is O=C(O)c1ccc(C2=CN(c3ccc(OC(F)(F)F)cc3)CC2)cc1. The van der Waals surface area contributed by atoms with Gasteiger partial charge in [0, 0.05) is 18.4 Å². The molecule has 0 unspecified atom stereocenters. The van der Waals surface area contributed by atoms with Crippen molar-refractivity contribution in [1.29, 1.82) is 0 Å². The van der Waals surface area contributed by atoms with E-state index in [-0.39, 0.29) is 11.3 Å². The summed E-state index contributed by atoms with van der Waals surface area (Å²) in [5.74, 6) is -1.24. The summed E-state index contributed by atoms with van der Waals surface area (Å²) in [6, 6.07) is 12.3. The Bertz CT molecular complexity index is 796. The molecule has 1 aliphatic heterocycles. The first-order valence-corrected chi connectivity index (χ1v) is 7.49. The number of anilines is 1. The van der Waals surface area contributed by atoms with E-state index in [4.69, 9.17) is 5.11 Å². The molecule has 0 aliphatic carbocycles. The van der Waals surface area contributed by atoms with Crippen LogP contribution in [0.15, 0.2) is 54.7 Å². The molecule has 0 bridgehead atoms. The molecule has 0 fully saturated rings. The second-order valence-electron chi connectivity index (χ2n) is 5.52. The van der Waals surface area contributed by atoms with Crippen LogP contribution in [0.5, 0.6) is 5.75 Å². The van der Waals surface area contributed by atoms with E-state index in [0.717, 1.165) is 23.2 Å². The fourth-order valence-electron chi connectivity index (χ4n) is 2.65. The Hall–Kier alpha value is -2.96. The molecule has 130 valence electrons. The number of hydrogen-bond donors (Lipinski definition) is 1. The number of nitrogens with zero attached hydrogens (tertiary/aromatic N) is 1. The average Bonchev–Trinajstić information content (AvgIpc) is 3.04. The largest absolute Gasteiger partial charge is 0.573 e. The van der Waals surface area contributed by atoms with Gasteiger partial charge in [-0.3, -0.25) is 0 Å². The fourth-order valence-corrected chi connectivity index (χ4v) is 2.65. The van der Waals surface area contributed by atoms with Crippen molar-refractivity contribution in [3.8, 4) is 5.75 Å². The molecule has 0 saturated carbocycles. The van der Waals surface area contributed by atoms with Gasteiger partial charge in [0.15, 0.2) is 0 Å². The Balaban J connectivity index is 1.73. The van der Waals surface area contributed by atoms with Gasteiger partial charge in [-0.1, -0.05) is 12.1 Å². The Labute approximate surface area is 141 Å². The quantitative estimate of drug-likeness (QED) is 0.881. The second kappa shape index (κ2) is 6.51. The lowest BCUT2D eigenvalue weighted by atomic mass is 10.0. The number of carboxylic acids is 1. The molecule has 1 N–H and O–H groups in total. The van der Waals surface area contributed by atoms with Crippen LogP contribution in [0.2, 0.25) is 0 Å². The van der Waals surface area contributed by atoms with Crippen molar-refractivity contribution in [2.75, 3.05) is 11.4 Å². The highest BCUT2D eigenvalue weighted by Gasteiger charge is 2.31. The maximum Gasteiger partial charge on any atom is 0.573 e. The van der Waals surface area contributed by atoms with Crippen LogP contribution in [0.1, 0.15) is 22.3 Å². The predicted octanol–water partition coefficient (Wildman–Crippen LogP) is 4.53. The standard InChI is InChI=1S/C18H14F3NO3/c19-18(20,21)25-16-7-5-15(6-8-16)22-10-9-14(11-22)12-1-3-13(4-2-12)17(23)24/h1-8,11H,9-10H2,(H,23,24). The third-order valence-corrected chi connectivity index (χ3v) is 3.84. The fraction of sp³-hybridized carbons (Fsp3) is 0.167. The zero-order valence-corrected chi connectivity index (χ0v) is 13.0. The Morgan fingerprint density at radius 2 is 1.68 bits per heavy atom. The summed E-state index contributed by atoms with van der Waals surface area (Å²) in [7, 11) is 0. The lowest BCUT2D eigenvalue weighted by molar-refractivity contribution is -0.274. The number of benzene rings is 2. The van der Waals surface area contributed by atoms with Crippen LogP contribution >= 0.6 is 0 Å². The smallest absolute Gasteiger partial charge is 0.478 e. The van der Waals surface area contributed by atoms with Gasteiger partial charge in [0.05, 0.1) is 5.56 Å². The monoisotopic (exact) mass is 349 g/mol. The van der Waals surface area contributed by atoms with Gasteiger partial charge in [-0.2, -0.15) is 0 Å². The van der Waals surface area contributed by atoms with Crippen molar-refractivity contribution in [3.63, 3.8) is 0 Å². The maximum absolute atomic E-state index is 12.2. The van der Waals surface area contributed by atoms with Gasteiger partial charge in [-0.25, -0.2) is 4.79 Å². The number of carboxylic acid groups (broad SMARTS) is 1. The van der Waals surface area contributed by atoms with Crippen LogP contribution in [-0.2, 0) is 0 Å². The molecule has 2 aromatic rings. The first kappa shape index (κ1) is 16.9. The molecule has 0 radical (unpaired) electrons. The number of halogens is 3. The van der Waals surface area contributed by atoms with Crippen LogP contribution in [0.3, 0.4) is 0 Å². The van der Waals surface area contributed by atoms with Gasteiger partial charge < -0.3 is 14.7 Å². The van der Waals surface area contributed by atoms with E-state index in [1.54, 1.807) is 36.4 Å². The van der Waals surface area contributed by atoms with Crippen LogP contribution in [0.25, 0.3) is 5.57 Å². The van der Waals surface area contributed by atoms with Crippen molar-refractivity contribution in [1.82, 2.24) is 0 Å². The van der Waals surface area contributed by atoms with Crippen LogP contribution < -0.4 is 9.64 Å². The van der Waals surface area contributed by atoms with Gasteiger partial charge >= 0.3 is 12.3 Å². The first-order chi connectivity index (χ1) is 11.8. The minimum absolute atomic E-state index is 0.222. The van der Waals surface area contributed by atoms with Gasteiger partial charge in [0.25, 0.3) is 0 Å². The summed E-state index contributed by atoms with van der Waals surface area (Å²) in [6.45, 7) is 0.690. The summed E-state index contributed by atoms with van der Waals surface area (Å²) in [4.78, 5) is 12.8. The van der Waals surface area contributed by atoms with Gasteiger partial charge in [-0.05, 0) is 54.0 Å². The molecule has 1 heterocycles. The van der Waals surface area contributed by atoms with E-state index in [1.165, 1.54) is 12.1 Å². The number of aromatic carboxylic acids is 1. The summed E-state index contributed by atoms with van der Waals surface area (Å²) < 4.78 is 40.4. The Morgan fingerprint density at radius 1 is 1.04 bits per heavy atom. The Morgan fingerprint density at radius 3 is 2.24 bits per heavy atom. The van der Waals surface area contributed by atoms with Crippen LogP contribution in [0, 0.1) is 0 Å². The van der Waals surface area contributed by atoms with Crippen molar-refractivity contribution in [2.45, 2.75) is 12.8 Å². The highest BCUT2D eigenvalue weighted by Crippen LogP contribution is 2.31. The molecule has 0 aromatic heterocycles. The molecule has 4 nitrogen and oxygen atoms in total. The number of hydrogen-bond acceptors (Lipinski definition) is 3. The molecule has 0 amide bonds. The van der Waals surface area contributed by atoms with E-state index >= 15 is 0 Å². The van der Waals surface area contributed by atoms with Crippen molar-refractivity contribution in [2.24, 2.45) is 0 Å². The molecule has 7 heteroatoms. The van der Waals surface area contributed by atoms with E-state index in [0.29, 0.717) is 6.54 Å². The molecule has 3 rings (SSSR count). The summed E-state index contributed by atoms with van der Waals surface area (Å²) in [5, 5.41) is 8.92.